The Kier molecular flexibility index (Phi) is 6.62. The van der Waals surface area contributed by atoms with Gasteiger partial charge in [-0.25, -0.2) is 31.7 Å². The maximum atomic E-state index is 14.1. The van der Waals surface area contributed by atoms with Crippen LogP contribution in [0, 0.1) is 11.6 Å². The second kappa shape index (κ2) is 10.1. The second-order valence-electron chi connectivity index (χ2n) is 10.1. The van der Waals surface area contributed by atoms with Crippen LogP contribution in [0.1, 0.15) is 44.1 Å². The van der Waals surface area contributed by atoms with Crippen LogP contribution in [0.25, 0.3) is 11.7 Å². The highest BCUT2D eigenvalue weighted by atomic mass is 32.2. The number of hydrogen-bond donors (Lipinski definition) is 5. The zero-order valence-corrected chi connectivity index (χ0v) is 21.9. The lowest BCUT2D eigenvalue weighted by molar-refractivity contribution is -0.115. The van der Waals surface area contributed by atoms with Crippen LogP contribution in [0.15, 0.2) is 41.1 Å². The summed E-state index contributed by atoms with van der Waals surface area (Å²) >= 11 is 0. The average Bonchev–Trinajstić information content (AvgIpc) is 3.53. The Morgan fingerprint density at radius 3 is 2.33 bits per heavy atom. The number of amides is 3. The first kappa shape index (κ1) is 26.1. The van der Waals surface area contributed by atoms with Crippen molar-refractivity contribution >= 4 is 45.3 Å². The molecule has 1 saturated heterocycles. The van der Waals surface area contributed by atoms with Crippen LogP contribution in [0.3, 0.4) is 0 Å². The molecular formula is C25H26F2N8O4S. The molecule has 0 spiro atoms. The van der Waals surface area contributed by atoms with Gasteiger partial charge in [-0.2, -0.15) is 9.61 Å². The molecule has 6 rings (SSSR count). The van der Waals surface area contributed by atoms with Crippen LogP contribution in [0.4, 0.5) is 25.2 Å². The zero-order chi connectivity index (χ0) is 28.0. The maximum Gasteiger partial charge on any atom is 0.326 e. The highest BCUT2D eigenvalue weighted by Crippen LogP contribution is 2.29. The molecule has 3 heterocycles. The number of halogens is 2. The minimum Gasteiger partial charge on any atom is -0.367 e. The number of fused-ring (bicyclic) bond motifs is 1. The summed E-state index contributed by atoms with van der Waals surface area (Å²) in [7, 11) is -4.14. The van der Waals surface area contributed by atoms with Crippen LogP contribution >= 0.6 is 0 Å². The summed E-state index contributed by atoms with van der Waals surface area (Å²) in [5.74, 6) is -1.22. The Balaban J connectivity index is 1.17. The predicted octanol–water partition coefficient (Wildman–Crippen LogP) is 2.46. The monoisotopic (exact) mass is 572 g/mol. The van der Waals surface area contributed by atoms with Crippen molar-refractivity contribution in [1.82, 2.24) is 30.0 Å². The minimum atomic E-state index is -4.14. The molecule has 210 valence electrons. The van der Waals surface area contributed by atoms with E-state index in [9.17, 15) is 26.8 Å². The van der Waals surface area contributed by atoms with Crippen molar-refractivity contribution < 1.29 is 26.8 Å². The van der Waals surface area contributed by atoms with Gasteiger partial charge in [-0.15, -0.1) is 0 Å². The van der Waals surface area contributed by atoms with Gasteiger partial charge in [-0.1, -0.05) is 0 Å². The van der Waals surface area contributed by atoms with Crippen molar-refractivity contribution in [3.8, 4) is 0 Å². The van der Waals surface area contributed by atoms with Crippen molar-refractivity contribution in [2.24, 2.45) is 0 Å². The first-order chi connectivity index (χ1) is 19.1. The van der Waals surface area contributed by atoms with Crippen LogP contribution in [0.5, 0.6) is 0 Å². The van der Waals surface area contributed by atoms with Crippen molar-refractivity contribution in [3.63, 3.8) is 0 Å². The number of benzene rings is 1. The van der Waals surface area contributed by atoms with Crippen LogP contribution < -0.4 is 26.0 Å². The van der Waals surface area contributed by atoms with Crippen molar-refractivity contribution in [3.05, 3.63) is 53.4 Å². The summed E-state index contributed by atoms with van der Waals surface area (Å²) < 4.78 is 56.8. The van der Waals surface area contributed by atoms with Crippen molar-refractivity contribution in [2.75, 3.05) is 10.6 Å². The Labute approximate surface area is 227 Å². The number of carbonyl (C=O) groups is 2. The number of rotatable bonds is 8. The van der Waals surface area contributed by atoms with E-state index in [0.717, 1.165) is 30.8 Å². The molecule has 3 aromatic rings. The van der Waals surface area contributed by atoms with E-state index in [1.165, 1.54) is 6.08 Å². The van der Waals surface area contributed by atoms with Gasteiger partial charge in [0.05, 0.1) is 6.20 Å². The largest absolute Gasteiger partial charge is 0.367 e. The molecule has 0 unspecified atom stereocenters. The normalized spacial score (nSPS) is 22.4. The van der Waals surface area contributed by atoms with Gasteiger partial charge in [0, 0.05) is 35.8 Å². The molecular weight excluding hydrogens is 546 g/mol. The number of aromatic nitrogens is 3. The number of anilines is 2. The maximum absolute atomic E-state index is 14.1. The van der Waals surface area contributed by atoms with E-state index < -0.39 is 44.5 Å². The van der Waals surface area contributed by atoms with E-state index in [4.69, 9.17) is 4.98 Å². The molecule has 40 heavy (non-hydrogen) atoms. The number of sulfonamides is 1. The summed E-state index contributed by atoms with van der Waals surface area (Å²) in [6.07, 6.45) is 7.43. The predicted molar refractivity (Wildman–Crippen MR) is 141 cm³/mol. The molecule has 0 bridgehead atoms. The number of carbonyl (C=O) groups excluding carboxylic acids is 2. The van der Waals surface area contributed by atoms with E-state index in [1.54, 1.807) is 10.7 Å². The third-order valence-electron chi connectivity index (χ3n) is 7.03. The first-order valence-corrected chi connectivity index (χ1v) is 14.4. The highest BCUT2D eigenvalue weighted by Gasteiger charge is 2.29. The molecule has 15 heteroatoms. The lowest BCUT2D eigenvalue weighted by atomic mass is 9.92. The van der Waals surface area contributed by atoms with E-state index in [-0.39, 0.29) is 11.7 Å². The molecule has 3 fully saturated rings. The molecule has 2 aliphatic carbocycles. The van der Waals surface area contributed by atoms with Crippen molar-refractivity contribution in [1.29, 1.82) is 0 Å². The van der Waals surface area contributed by atoms with Crippen molar-refractivity contribution in [2.45, 2.75) is 61.5 Å². The second-order valence-corrected chi connectivity index (χ2v) is 11.8. The fourth-order valence-electron chi connectivity index (χ4n) is 4.87. The van der Waals surface area contributed by atoms with E-state index in [2.05, 4.69) is 31.1 Å². The van der Waals surface area contributed by atoms with E-state index in [1.807, 2.05) is 6.07 Å². The topological polar surface area (TPSA) is 159 Å². The SMILES string of the molecule is O=C1NC(=O)/C(=C/c2cnn3c(NC4CC4)cc(N[C@H]4CC[C@H](NS(=O)(=O)c5ccc(F)cc5F)CC4)nc23)N1. The lowest BCUT2D eigenvalue weighted by Crippen LogP contribution is -2.40. The molecule has 0 radical (unpaired) electrons. The molecule has 1 aliphatic heterocycles. The Morgan fingerprint density at radius 2 is 1.65 bits per heavy atom. The van der Waals surface area contributed by atoms with E-state index >= 15 is 0 Å². The van der Waals surface area contributed by atoms with Crippen LogP contribution in [0.2, 0.25) is 0 Å². The average molecular weight is 573 g/mol. The standard InChI is InChI=1S/C25H26F2N8O4S/c26-14-1-8-20(18(27)10-14)40(38,39)34-17-6-4-15(5-7-17)29-21-11-22(30-16-2-3-16)35-23(32-21)13(12-28-35)9-19-24(36)33-25(37)31-19/h1,8-12,15-17,30,34H,2-7H2,(H,29,32)(H2,31,33,36,37)/b19-9-/t15-,17-. The number of hydrogen-bond acceptors (Lipinski definition) is 8. The van der Waals surface area contributed by atoms with Gasteiger partial charge >= 0.3 is 6.03 Å². The van der Waals surface area contributed by atoms with Gasteiger partial charge in [0.2, 0.25) is 10.0 Å². The first-order valence-electron chi connectivity index (χ1n) is 12.9. The van der Waals surface area contributed by atoms with Gasteiger partial charge in [0.25, 0.3) is 5.91 Å². The molecule has 2 saturated carbocycles. The summed E-state index contributed by atoms with van der Waals surface area (Å²) in [6, 6.07) is 3.57. The molecule has 1 aromatic carbocycles. The number of nitrogens with zero attached hydrogens (tertiary/aromatic N) is 3. The molecule has 3 amide bonds. The number of nitrogens with one attached hydrogen (secondary N) is 5. The summed E-state index contributed by atoms with van der Waals surface area (Å²) in [4.78, 5) is 27.6. The molecule has 0 atom stereocenters. The highest BCUT2D eigenvalue weighted by molar-refractivity contribution is 7.89. The van der Waals surface area contributed by atoms with Crippen LogP contribution in [-0.4, -0.2) is 53.1 Å². The molecule has 12 nitrogen and oxygen atoms in total. The molecule has 3 aliphatic rings. The van der Waals surface area contributed by atoms with Gasteiger partial charge in [0.1, 0.15) is 33.9 Å². The van der Waals surface area contributed by atoms with Gasteiger partial charge in [-0.3, -0.25) is 10.1 Å². The fourth-order valence-corrected chi connectivity index (χ4v) is 6.24. The number of urea groups is 1. The Hall–Kier alpha value is -4.11. The van der Waals surface area contributed by atoms with Gasteiger partial charge in [0.15, 0.2) is 5.65 Å². The summed E-state index contributed by atoms with van der Waals surface area (Å²) in [6.45, 7) is 0. The summed E-state index contributed by atoms with van der Waals surface area (Å²) in [5.41, 5.74) is 1.12. The summed E-state index contributed by atoms with van der Waals surface area (Å²) in [5, 5.41) is 15.9. The Morgan fingerprint density at radius 1 is 0.950 bits per heavy atom. The smallest absolute Gasteiger partial charge is 0.326 e. The quantitative estimate of drug-likeness (QED) is 0.203. The minimum absolute atomic E-state index is 0.00309. The molecule has 2 aromatic heterocycles. The third kappa shape index (κ3) is 5.47. The van der Waals surface area contributed by atoms with Gasteiger partial charge in [-0.05, 0) is 56.7 Å². The number of imide groups is 1. The zero-order valence-electron chi connectivity index (χ0n) is 21.1. The molecule has 5 N–H and O–H groups in total. The Bertz CT molecular complexity index is 1650. The lowest BCUT2D eigenvalue weighted by Gasteiger charge is -2.30. The third-order valence-corrected chi connectivity index (χ3v) is 8.59. The van der Waals surface area contributed by atoms with E-state index in [0.29, 0.717) is 54.8 Å². The van der Waals surface area contributed by atoms with Gasteiger partial charge < -0.3 is 16.0 Å². The van der Waals surface area contributed by atoms with Crippen LogP contribution in [-0.2, 0) is 14.8 Å². The fraction of sp³-hybridized carbons (Fsp3) is 0.360.